The van der Waals surface area contributed by atoms with Gasteiger partial charge >= 0.3 is 5.97 Å². The average molecular weight is 171 g/mol. The largest absolute Gasteiger partial charge is 0.465 e. The summed E-state index contributed by atoms with van der Waals surface area (Å²) < 4.78 is 5.06. The number of likely N-dealkylation sites (N-methyl/N-ethyl adjacent to an activating group) is 1. The Labute approximate surface area is 73.7 Å². The van der Waals surface area contributed by atoms with Crippen molar-refractivity contribution < 1.29 is 9.53 Å². The second kappa shape index (κ2) is 4.45. The highest BCUT2D eigenvalue weighted by Gasteiger charge is 2.28. The Hall–Kier alpha value is -0.570. The van der Waals surface area contributed by atoms with E-state index in [0.29, 0.717) is 6.61 Å². The maximum absolute atomic E-state index is 11.4. The lowest BCUT2D eigenvalue weighted by molar-refractivity contribution is -0.148. The van der Waals surface area contributed by atoms with Gasteiger partial charge in [-0.3, -0.25) is 9.69 Å². The van der Waals surface area contributed by atoms with Crippen molar-refractivity contribution in [3.63, 3.8) is 0 Å². The predicted octanol–water partition coefficient (Wildman–Crippen LogP) is 1.03. The summed E-state index contributed by atoms with van der Waals surface area (Å²) in [6.45, 7) is 3.58. The molecule has 1 fully saturated rings. The Balaban J connectivity index is 2.30. The number of likely N-dealkylation sites (tertiary alicyclic amines) is 1. The maximum Gasteiger partial charge on any atom is 0.323 e. The first kappa shape index (κ1) is 9.52. The molecule has 0 aliphatic carbocycles. The molecule has 1 atom stereocenters. The maximum atomic E-state index is 11.4. The second-order valence-electron chi connectivity index (χ2n) is 3.31. The van der Waals surface area contributed by atoms with Crippen LogP contribution in [0.5, 0.6) is 0 Å². The van der Waals surface area contributed by atoms with Gasteiger partial charge in [-0.1, -0.05) is 6.92 Å². The third-order valence-electron chi connectivity index (χ3n) is 2.24. The normalized spacial score (nSPS) is 24.3. The first-order chi connectivity index (χ1) is 5.75. The summed E-state index contributed by atoms with van der Waals surface area (Å²) in [5.74, 6) is -0.0446. The summed E-state index contributed by atoms with van der Waals surface area (Å²) in [6.07, 6.45) is 2.98. The lowest BCUT2D eigenvalue weighted by Crippen LogP contribution is -2.34. The SMILES string of the molecule is CCCOC(=O)[C@@H]1CCCN1C. The van der Waals surface area contributed by atoms with Crippen LogP contribution < -0.4 is 0 Å². The third-order valence-corrected chi connectivity index (χ3v) is 2.24. The van der Waals surface area contributed by atoms with Crippen LogP contribution in [0.3, 0.4) is 0 Å². The molecule has 3 nitrogen and oxygen atoms in total. The van der Waals surface area contributed by atoms with Crippen LogP contribution in [0, 0.1) is 0 Å². The van der Waals surface area contributed by atoms with Gasteiger partial charge < -0.3 is 4.74 Å². The molecule has 0 bridgehead atoms. The number of esters is 1. The Morgan fingerprint density at radius 1 is 1.67 bits per heavy atom. The number of carbonyl (C=O) groups excluding carboxylic acids is 1. The van der Waals surface area contributed by atoms with Gasteiger partial charge in [0.1, 0.15) is 6.04 Å². The number of ether oxygens (including phenoxy) is 1. The molecule has 1 aliphatic heterocycles. The summed E-state index contributed by atoms with van der Waals surface area (Å²) in [5.41, 5.74) is 0. The molecular formula is C9H17NO2. The zero-order valence-electron chi connectivity index (χ0n) is 7.88. The van der Waals surface area contributed by atoms with E-state index in [9.17, 15) is 4.79 Å². The summed E-state index contributed by atoms with van der Waals surface area (Å²) in [4.78, 5) is 13.4. The fourth-order valence-corrected chi connectivity index (χ4v) is 1.51. The molecule has 0 aromatic carbocycles. The van der Waals surface area contributed by atoms with Crippen molar-refractivity contribution in [3.05, 3.63) is 0 Å². The summed E-state index contributed by atoms with van der Waals surface area (Å²) in [7, 11) is 1.98. The highest BCUT2D eigenvalue weighted by atomic mass is 16.5. The van der Waals surface area contributed by atoms with Gasteiger partial charge in [-0.25, -0.2) is 0 Å². The van der Waals surface area contributed by atoms with Gasteiger partial charge in [-0.15, -0.1) is 0 Å². The zero-order chi connectivity index (χ0) is 8.97. The lowest BCUT2D eigenvalue weighted by atomic mass is 10.2. The van der Waals surface area contributed by atoms with Crippen LogP contribution in [-0.4, -0.2) is 37.1 Å². The van der Waals surface area contributed by atoms with E-state index in [4.69, 9.17) is 4.74 Å². The van der Waals surface area contributed by atoms with Crippen molar-refractivity contribution in [1.82, 2.24) is 4.90 Å². The Morgan fingerprint density at radius 3 is 2.92 bits per heavy atom. The highest BCUT2D eigenvalue weighted by molar-refractivity contribution is 5.76. The molecule has 12 heavy (non-hydrogen) atoms. The molecule has 0 unspecified atom stereocenters. The minimum absolute atomic E-state index is 0.0246. The summed E-state index contributed by atoms with van der Waals surface area (Å²) >= 11 is 0. The van der Waals surface area contributed by atoms with E-state index in [0.717, 1.165) is 25.8 Å². The van der Waals surface area contributed by atoms with Crippen LogP contribution in [-0.2, 0) is 9.53 Å². The summed E-state index contributed by atoms with van der Waals surface area (Å²) in [5, 5.41) is 0. The van der Waals surface area contributed by atoms with E-state index in [2.05, 4.69) is 4.90 Å². The van der Waals surface area contributed by atoms with E-state index >= 15 is 0 Å². The smallest absolute Gasteiger partial charge is 0.323 e. The van der Waals surface area contributed by atoms with Crippen molar-refractivity contribution in [2.75, 3.05) is 20.2 Å². The molecule has 0 aromatic rings. The molecule has 1 rings (SSSR count). The molecule has 70 valence electrons. The molecule has 0 amide bonds. The van der Waals surface area contributed by atoms with Gasteiger partial charge in [-0.2, -0.15) is 0 Å². The van der Waals surface area contributed by atoms with Gasteiger partial charge in [0, 0.05) is 0 Å². The van der Waals surface area contributed by atoms with Crippen LogP contribution >= 0.6 is 0 Å². The number of nitrogens with zero attached hydrogens (tertiary/aromatic N) is 1. The molecule has 3 heteroatoms. The first-order valence-electron chi connectivity index (χ1n) is 4.62. The molecule has 0 spiro atoms. The minimum Gasteiger partial charge on any atom is -0.465 e. The van der Waals surface area contributed by atoms with Crippen LogP contribution in [0.15, 0.2) is 0 Å². The minimum atomic E-state index is -0.0446. The van der Waals surface area contributed by atoms with E-state index < -0.39 is 0 Å². The summed E-state index contributed by atoms with van der Waals surface area (Å²) in [6, 6.07) is 0.0246. The molecule has 0 saturated carbocycles. The Bertz CT molecular complexity index is 159. The topological polar surface area (TPSA) is 29.5 Å². The van der Waals surface area contributed by atoms with Gasteiger partial charge in [0.05, 0.1) is 6.61 Å². The van der Waals surface area contributed by atoms with Gasteiger partial charge in [-0.05, 0) is 32.9 Å². The standard InChI is InChI=1S/C9H17NO2/c1-3-7-12-9(11)8-5-4-6-10(8)2/h8H,3-7H2,1-2H3/t8-/m0/s1. The Morgan fingerprint density at radius 2 is 2.42 bits per heavy atom. The second-order valence-corrected chi connectivity index (χ2v) is 3.31. The first-order valence-corrected chi connectivity index (χ1v) is 4.62. The fourth-order valence-electron chi connectivity index (χ4n) is 1.51. The van der Waals surface area contributed by atoms with Gasteiger partial charge in [0.2, 0.25) is 0 Å². The molecule has 1 aliphatic rings. The van der Waals surface area contributed by atoms with Crippen LogP contribution in [0.1, 0.15) is 26.2 Å². The monoisotopic (exact) mass is 171 g/mol. The lowest BCUT2D eigenvalue weighted by Gasteiger charge is -2.17. The highest BCUT2D eigenvalue weighted by Crippen LogP contribution is 2.15. The van der Waals surface area contributed by atoms with Crippen molar-refractivity contribution in [2.24, 2.45) is 0 Å². The van der Waals surface area contributed by atoms with Crippen LogP contribution in [0.4, 0.5) is 0 Å². The van der Waals surface area contributed by atoms with Crippen molar-refractivity contribution in [2.45, 2.75) is 32.2 Å². The van der Waals surface area contributed by atoms with Gasteiger partial charge in [0.25, 0.3) is 0 Å². The predicted molar refractivity (Wildman–Crippen MR) is 46.9 cm³/mol. The quantitative estimate of drug-likeness (QED) is 0.594. The van der Waals surface area contributed by atoms with Crippen molar-refractivity contribution in [1.29, 1.82) is 0 Å². The average Bonchev–Trinajstić information content (AvgIpc) is 2.47. The van der Waals surface area contributed by atoms with Crippen LogP contribution in [0.25, 0.3) is 0 Å². The zero-order valence-corrected chi connectivity index (χ0v) is 7.88. The van der Waals surface area contributed by atoms with Gasteiger partial charge in [0.15, 0.2) is 0 Å². The molecule has 1 heterocycles. The van der Waals surface area contributed by atoms with E-state index in [1.807, 2.05) is 14.0 Å². The molecule has 0 radical (unpaired) electrons. The molecule has 0 aromatic heterocycles. The molecule has 1 saturated heterocycles. The number of hydrogen-bond donors (Lipinski definition) is 0. The molecule has 0 N–H and O–H groups in total. The number of carbonyl (C=O) groups is 1. The van der Waals surface area contributed by atoms with Crippen molar-refractivity contribution >= 4 is 5.97 Å². The van der Waals surface area contributed by atoms with E-state index in [-0.39, 0.29) is 12.0 Å². The third kappa shape index (κ3) is 2.21. The Kier molecular flexibility index (Phi) is 3.53. The van der Waals surface area contributed by atoms with Crippen molar-refractivity contribution in [3.8, 4) is 0 Å². The van der Waals surface area contributed by atoms with E-state index in [1.54, 1.807) is 0 Å². The van der Waals surface area contributed by atoms with E-state index in [1.165, 1.54) is 0 Å². The fraction of sp³-hybridized carbons (Fsp3) is 0.889. The van der Waals surface area contributed by atoms with Crippen LogP contribution in [0.2, 0.25) is 0 Å². The number of rotatable bonds is 3. The number of hydrogen-bond acceptors (Lipinski definition) is 3. The molecular weight excluding hydrogens is 154 g/mol.